The Hall–Kier alpha value is -0.680. The summed E-state index contributed by atoms with van der Waals surface area (Å²) in [5.41, 5.74) is 0.0989. The molecule has 0 saturated carbocycles. The van der Waals surface area contributed by atoms with Crippen molar-refractivity contribution < 1.29 is 14.2 Å². The number of benzene rings is 1. The molecule has 2 unspecified atom stereocenters. The second-order valence-electron chi connectivity index (χ2n) is 4.80. The van der Waals surface area contributed by atoms with Crippen LogP contribution in [0.5, 0.6) is 0 Å². The molecule has 1 aliphatic rings. The van der Waals surface area contributed by atoms with Gasteiger partial charge in [-0.3, -0.25) is 0 Å². The van der Waals surface area contributed by atoms with Gasteiger partial charge in [-0.1, -0.05) is 17.7 Å². The van der Waals surface area contributed by atoms with Crippen LogP contribution in [0.4, 0.5) is 4.39 Å². The number of rotatable bonds is 4. The van der Waals surface area contributed by atoms with E-state index in [9.17, 15) is 9.50 Å². The molecular weight excluding hydrogens is 257 g/mol. The zero-order chi connectivity index (χ0) is 13.2. The van der Waals surface area contributed by atoms with E-state index in [1.165, 1.54) is 6.07 Å². The Balaban J connectivity index is 1.94. The van der Waals surface area contributed by atoms with Crippen LogP contribution in [0.2, 0.25) is 5.02 Å². The zero-order valence-corrected chi connectivity index (χ0v) is 11.0. The molecule has 2 rings (SSSR count). The largest absolute Gasteiger partial charge is 0.386 e. The topological polar surface area (TPSA) is 41.5 Å². The molecule has 2 atom stereocenters. The Morgan fingerprint density at radius 3 is 3.00 bits per heavy atom. The summed E-state index contributed by atoms with van der Waals surface area (Å²) in [4.78, 5) is 0. The maximum Gasteiger partial charge on any atom is 0.141 e. The average Bonchev–Trinajstić information content (AvgIpc) is 2.77. The third kappa shape index (κ3) is 3.20. The van der Waals surface area contributed by atoms with E-state index in [-0.39, 0.29) is 11.1 Å². The Labute approximate surface area is 111 Å². The third-order valence-electron chi connectivity index (χ3n) is 3.26. The molecule has 1 saturated heterocycles. The SMILES string of the molecule is CC(NCC1(O)CCOC1)c1ccc(F)c(Cl)c1. The molecule has 5 heteroatoms. The molecule has 18 heavy (non-hydrogen) atoms. The molecule has 0 bridgehead atoms. The van der Waals surface area contributed by atoms with Gasteiger partial charge >= 0.3 is 0 Å². The lowest BCUT2D eigenvalue weighted by Crippen LogP contribution is -2.41. The smallest absolute Gasteiger partial charge is 0.141 e. The van der Waals surface area contributed by atoms with Crippen LogP contribution in [0.25, 0.3) is 0 Å². The van der Waals surface area contributed by atoms with Gasteiger partial charge in [0.15, 0.2) is 0 Å². The summed E-state index contributed by atoms with van der Waals surface area (Å²) in [6.45, 7) is 3.34. The van der Waals surface area contributed by atoms with Crippen molar-refractivity contribution in [1.29, 1.82) is 0 Å². The van der Waals surface area contributed by atoms with Gasteiger partial charge in [-0.05, 0) is 24.6 Å². The first-order valence-corrected chi connectivity index (χ1v) is 6.36. The van der Waals surface area contributed by atoms with Gasteiger partial charge < -0.3 is 15.2 Å². The normalized spacial score (nSPS) is 25.3. The van der Waals surface area contributed by atoms with Crippen LogP contribution in [-0.4, -0.2) is 30.5 Å². The molecule has 0 spiro atoms. The quantitative estimate of drug-likeness (QED) is 0.884. The number of hydrogen-bond donors (Lipinski definition) is 2. The molecule has 1 aliphatic heterocycles. The summed E-state index contributed by atoms with van der Waals surface area (Å²) in [7, 11) is 0. The monoisotopic (exact) mass is 273 g/mol. The minimum Gasteiger partial charge on any atom is -0.386 e. The van der Waals surface area contributed by atoms with Gasteiger partial charge in [0.1, 0.15) is 11.4 Å². The van der Waals surface area contributed by atoms with Crippen molar-refractivity contribution in [3.8, 4) is 0 Å². The lowest BCUT2D eigenvalue weighted by atomic mass is 10.0. The molecular formula is C13H17ClFNO2. The van der Waals surface area contributed by atoms with Gasteiger partial charge in [0, 0.05) is 25.6 Å². The first-order chi connectivity index (χ1) is 8.50. The van der Waals surface area contributed by atoms with Crippen molar-refractivity contribution in [3.63, 3.8) is 0 Å². The van der Waals surface area contributed by atoms with Crippen molar-refractivity contribution in [2.75, 3.05) is 19.8 Å². The van der Waals surface area contributed by atoms with Crippen molar-refractivity contribution in [2.24, 2.45) is 0 Å². The predicted molar refractivity (Wildman–Crippen MR) is 68.2 cm³/mol. The Morgan fingerprint density at radius 2 is 2.39 bits per heavy atom. The molecule has 2 N–H and O–H groups in total. The van der Waals surface area contributed by atoms with Crippen LogP contribution >= 0.6 is 11.6 Å². The molecule has 1 heterocycles. The van der Waals surface area contributed by atoms with Gasteiger partial charge in [0.2, 0.25) is 0 Å². The number of halogens is 2. The molecule has 1 fully saturated rings. The van der Waals surface area contributed by atoms with E-state index < -0.39 is 11.4 Å². The van der Waals surface area contributed by atoms with E-state index in [1.807, 2.05) is 6.92 Å². The van der Waals surface area contributed by atoms with E-state index in [0.29, 0.717) is 26.2 Å². The van der Waals surface area contributed by atoms with Crippen molar-refractivity contribution in [2.45, 2.75) is 25.0 Å². The van der Waals surface area contributed by atoms with Crippen LogP contribution in [0.3, 0.4) is 0 Å². The van der Waals surface area contributed by atoms with E-state index in [0.717, 1.165) is 5.56 Å². The second-order valence-corrected chi connectivity index (χ2v) is 5.21. The fraction of sp³-hybridized carbons (Fsp3) is 0.538. The lowest BCUT2D eigenvalue weighted by molar-refractivity contribution is 0.0252. The average molecular weight is 274 g/mol. The van der Waals surface area contributed by atoms with Crippen LogP contribution in [0.15, 0.2) is 18.2 Å². The third-order valence-corrected chi connectivity index (χ3v) is 3.55. The van der Waals surface area contributed by atoms with E-state index in [4.69, 9.17) is 16.3 Å². The highest BCUT2D eigenvalue weighted by molar-refractivity contribution is 6.30. The van der Waals surface area contributed by atoms with E-state index >= 15 is 0 Å². The summed E-state index contributed by atoms with van der Waals surface area (Å²) in [5, 5.41) is 13.4. The molecule has 0 aromatic heterocycles. The molecule has 1 aromatic carbocycles. The lowest BCUT2D eigenvalue weighted by Gasteiger charge is -2.24. The molecule has 3 nitrogen and oxygen atoms in total. The van der Waals surface area contributed by atoms with E-state index in [2.05, 4.69) is 5.32 Å². The molecule has 100 valence electrons. The van der Waals surface area contributed by atoms with Crippen molar-refractivity contribution >= 4 is 11.6 Å². The number of nitrogens with one attached hydrogen (secondary N) is 1. The fourth-order valence-corrected chi connectivity index (χ4v) is 2.17. The van der Waals surface area contributed by atoms with E-state index in [1.54, 1.807) is 12.1 Å². The molecule has 0 radical (unpaired) electrons. The van der Waals surface area contributed by atoms with Gasteiger partial charge in [-0.15, -0.1) is 0 Å². The Kier molecular flexibility index (Phi) is 4.22. The maximum absolute atomic E-state index is 13.0. The number of ether oxygens (including phenoxy) is 1. The minimum absolute atomic E-state index is 0.00674. The first-order valence-electron chi connectivity index (χ1n) is 5.99. The standard InChI is InChI=1S/C13H17ClFNO2/c1-9(10-2-3-12(15)11(14)6-10)16-7-13(17)4-5-18-8-13/h2-3,6,9,16-17H,4-5,7-8H2,1H3. The maximum atomic E-state index is 13.0. The highest BCUT2D eigenvalue weighted by Crippen LogP contribution is 2.22. The summed E-state index contributed by atoms with van der Waals surface area (Å²) >= 11 is 5.74. The fourth-order valence-electron chi connectivity index (χ4n) is 1.98. The number of hydrogen-bond acceptors (Lipinski definition) is 3. The van der Waals surface area contributed by atoms with Gasteiger partial charge in [-0.25, -0.2) is 4.39 Å². The van der Waals surface area contributed by atoms with Gasteiger partial charge in [0.25, 0.3) is 0 Å². The number of aliphatic hydroxyl groups is 1. The summed E-state index contributed by atoms with van der Waals surface area (Å²) in [5.74, 6) is -0.421. The molecule has 0 amide bonds. The van der Waals surface area contributed by atoms with Crippen LogP contribution in [0.1, 0.15) is 24.9 Å². The minimum atomic E-state index is -0.794. The van der Waals surface area contributed by atoms with Crippen molar-refractivity contribution in [3.05, 3.63) is 34.6 Å². The Bertz CT molecular complexity index is 421. The highest BCUT2D eigenvalue weighted by atomic mass is 35.5. The van der Waals surface area contributed by atoms with Crippen molar-refractivity contribution in [1.82, 2.24) is 5.32 Å². The van der Waals surface area contributed by atoms with Crippen LogP contribution in [0, 0.1) is 5.82 Å². The Morgan fingerprint density at radius 1 is 1.61 bits per heavy atom. The first kappa shape index (κ1) is 13.7. The van der Waals surface area contributed by atoms with Gasteiger partial charge in [-0.2, -0.15) is 0 Å². The summed E-state index contributed by atoms with van der Waals surface area (Å²) in [6.07, 6.45) is 0.636. The highest BCUT2D eigenvalue weighted by Gasteiger charge is 2.32. The van der Waals surface area contributed by atoms with Gasteiger partial charge in [0.05, 0.1) is 11.6 Å². The second kappa shape index (κ2) is 5.53. The van der Waals surface area contributed by atoms with Crippen LogP contribution in [-0.2, 0) is 4.74 Å². The van der Waals surface area contributed by atoms with Crippen LogP contribution < -0.4 is 5.32 Å². The summed E-state index contributed by atoms with van der Waals surface area (Å²) in [6, 6.07) is 4.63. The zero-order valence-electron chi connectivity index (χ0n) is 10.2. The molecule has 0 aliphatic carbocycles. The predicted octanol–water partition coefficient (Wildman–Crippen LogP) is 2.28. The summed E-state index contributed by atoms with van der Waals surface area (Å²) < 4.78 is 18.2. The molecule has 1 aromatic rings.